The van der Waals surface area contributed by atoms with Crippen LogP contribution >= 0.6 is 11.8 Å². The molecule has 0 bridgehead atoms. The fraction of sp³-hybridized carbons (Fsp3) is 0.444. The number of rotatable bonds is 7. The Hall–Kier alpha value is -1.03. The summed E-state index contributed by atoms with van der Waals surface area (Å²) in [5.74, 6) is 1.19. The summed E-state index contributed by atoms with van der Waals surface area (Å²) in [5.41, 5.74) is 7.46. The number of thioether (sulfide) groups is 1. The van der Waals surface area contributed by atoms with Crippen LogP contribution in [0.3, 0.4) is 0 Å². The van der Waals surface area contributed by atoms with Crippen molar-refractivity contribution in [2.24, 2.45) is 5.73 Å². The van der Waals surface area contributed by atoms with E-state index >= 15 is 0 Å². The Bertz CT molecular complexity index is 565. The van der Waals surface area contributed by atoms with Gasteiger partial charge in [-0.25, -0.2) is 0 Å². The molecule has 0 aliphatic heterocycles. The number of nitrogens with zero attached hydrogens (tertiary/aromatic N) is 1. The van der Waals surface area contributed by atoms with E-state index in [1.165, 1.54) is 28.5 Å². The molecule has 0 heterocycles. The second-order valence-corrected chi connectivity index (χ2v) is 6.60. The van der Waals surface area contributed by atoms with Gasteiger partial charge < -0.3 is 5.73 Å². The average Bonchev–Trinajstić information content (AvgIpc) is 2.53. The zero-order chi connectivity index (χ0) is 15.2. The van der Waals surface area contributed by atoms with Gasteiger partial charge in [-0.05, 0) is 48.7 Å². The molecule has 3 heteroatoms. The third kappa shape index (κ3) is 3.79. The summed E-state index contributed by atoms with van der Waals surface area (Å²) in [7, 11) is 2.20. The van der Waals surface area contributed by atoms with Crippen molar-refractivity contribution in [3.05, 3.63) is 48.0 Å². The van der Waals surface area contributed by atoms with E-state index in [-0.39, 0.29) is 6.04 Å². The first-order valence-electron chi connectivity index (χ1n) is 7.57. The lowest BCUT2D eigenvalue weighted by molar-refractivity contribution is 0.186. The summed E-state index contributed by atoms with van der Waals surface area (Å²) in [6.45, 7) is 2.94. The van der Waals surface area contributed by atoms with Crippen molar-refractivity contribution in [2.45, 2.75) is 25.4 Å². The van der Waals surface area contributed by atoms with Gasteiger partial charge in [0.25, 0.3) is 0 Å². The Labute approximate surface area is 132 Å². The van der Waals surface area contributed by atoms with E-state index in [0.29, 0.717) is 12.6 Å². The molecule has 2 unspecified atom stereocenters. The summed E-state index contributed by atoms with van der Waals surface area (Å²) < 4.78 is 0. The third-order valence-corrected chi connectivity index (χ3v) is 4.98. The minimum Gasteiger partial charge on any atom is -0.329 e. The number of benzene rings is 2. The van der Waals surface area contributed by atoms with Crippen molar-refractivity contribution in [1.29, 1.82) is 0 Å². The van der Waals surface area contributed by atoms with Crippen molar-refractivity contribution in [3.63, 3.8) is 0 Å². The van der Waals surface area contributed by atoms with Crippen LogP contribution in [0.15, 0.2) is 42.5 Å². The molecule has 2 aromatic carbocycles. The van der Waals surface area contributed by atoms with Gasteiger partial charge in [0.15, 0.2) is 0 Å². The Balaban J connectivity index is 2.31. The lowest BCUT2D eigenvalue weighted by Gasteiger charge is -2.33. The van der Waals surface area contributed by atoms with Gasteiger partial charge in [-0.15, -0.1) is 0 Å². The molecule has 2 atom stereocenters. The molecule has 0 amide bonds. The van der Waals surface area contributed by atoms with Crippen LogP contribution in [0, 0.1) is 0 Å². The molecule has 0 saturated heterocycles. The molecule has 0 fully saturated rings. The predicted molar refractivity (Wildman–Crippen MR) is 96.0 cm³/mol. The molecule has 21 heavy (non-hydrogen) atoms. The standard InChI is InChI=1S/C18H26N2S/c1-14(11-12-21-3)20(2)18(13-19)17-10-6-8-15-7-4-5-9-16(15)17/h4-10,14,18H,11-13,19H2,1-3H3. The molecule has 0 radical (unpaired) electrons. The van der Waals surface area contributed by atoms with Crippen LogP contribution in [0.4, 0.5) is 0 Å². The highest BCUT2D eigenvalue weighted by molar-refractivity contribution is 7.98. The first-order valence-corrected chi connectivity index (χ1v) is 8.97. The maximum absolute atomic E-state index is 6.12. The van der Waals surface area contributed by atoms with Crippen LogP contribution in [-0.2, 0) is 0 Å². The van der Waals surface area contributed by atoms with Gasteiger partial charge in [0.05, 0.1) is 0 Å². The lowest BCUT2D eigenvalue weighted by Crippen LogP contribution is -2.37. The zero-order valence-electron chi connectivity index (χ0n) is 13.3. The number of hydrogen-bond acceptors (Lipinski definition) is 3. The lowest BCUT2D eigenvalue weighted by atomic mass is 9.97. The van der Waals surface area contributed by atoms with Crippen molar-refractivity contribution in [3.8, 4) is 0 Å². The highest BCUT2D eigenvalue weighted by Crippen LogP contribution is 2.28. The minimum atomic E-state index is 0.271. The van der Waals surface area contributed by atoms with Crippen LogP contribution in [0.1, 0.15) is 24.9 Å². The van der Waals surface area contributed by atoms with Gasteiger partial charge >= 0.3 is 0 Å². The second-order valence-electron chi connectivity index (χ2n) is 5.62. The summed E-state index contributed by atoms with van der Waals surface area (Å²) in [5, 5.41) is 2.61. The van der Waals surface area contributed by atoms with E-state index in [1.54, 1.807) is 0 Å². The SMILES string of the molecule is CSCCC(C)N(C)C(CN)c1cccc2ccccc12. The largest absolute Gasteiger partial charge is 0.329 e. The fourth-order valence-electron chi connectivity index (χ4n) is 2.85. The highest BCUT2D eigenvalue weighted by atomic mass is 32.2. The number of likely N-dealkylation sites (N-methyl/N-ethyl adjacent to an activating group) is 1. The van der Waals surface area contributed by atoms with E-state index < -0.39 is 0 Å². The molecular weight excluding hydrogens is 276 g/mol. The van der Waals surface area contributed by atoms with Gasteiger partial charge in [0, 0.05) is 18.6 Å². The van der Waals surface area contributed by atoms with E-state index in [1.807, 2.05) is 11.8 Å². The van der Waals surface area contributed by atoms with Crippen molar-refractivity contribution >= 4 is 22.5 Å². The molecule has 0 saturated carbocycles. The van der Waals surface area contributed by atoms with Gasteiger partial charge in [-0.1, -0.05) is 42.5 Å². The van der Waals surface area contributed by atoms with Crippen molar-refractivity contribution in [1.82, 2.24) is 4.90 Å². The maximum Gasteiger partial charge on any atom is 0.0476 e. The zero-order valence-corrected chi connectivity index (χ0v) is 14.1. The Morgan fingerprint density at radius 2 is 1.86 bits per heavy atom. The molecule has 0 aliphatic carbocycles. The maximum atomic E-state index is 6.12. The summed E-state index contributed by atoms with van der Waals surface area (Å²) in [6.07, 6.45) is 3.36. The quantitative estimate of drug-likeness (QED) is 0.840. The highest BCUT2D eigenvalue weighted by Gasteiger charge is 2.21. The van der Waals surface area contributed by atoms with Crippen LogP contribution in [0.5, 0.6) is 0 Å². The first-order chi connectivity index (χ1) is 10.2. The summed E-state index contributed by atoms with van der Waals surface area (Å²) in [6, 6.07) is 15.9. The van der Waals surface area contributed by atoms with E-state index in [2.05, 4.69) is 67.6 Å². The molecule has 2 N–H and O–H groups in total. The number of hydrogen-bond donors (Lipinski definition) is 1. The predicted octanol–water partition coefficient (Wildman–Crippen LogP) is 3.91. The second kappa shape index (κ2) is 7.83. The molecule has 0 aliphatic rings. The molecular formula is C18H26N2S. The Morgan fingerprint density at radius 1 is 1.14 bits per heavy atom. The third-order valence-electron chi connectivity index (χ3n) is 4.33. The van der Waals surface area contributed by atoms with Crippen LogP contribution < -0.4 is 5.73 Å². The van der Waals surface area contributed by atoms with Crippen LogP contribution in [-0.4, -0.2) is 36.5 Å². The molecule has 2 nitrogen and oxygen atoms in total. The van der Waals surface area contributed by atoms with E-state index in [0.717, 1.165) is 0 Å². The Morgan fingerprint density at radius 3 is 2.57 bits per heavy atom. The van der Waals surface area contributed by atoms with Crippen LogP contribution in [0.25, 0.3) is 10.8 Å². The fourth-order valence-corrected chi connectivity index (χ4v) is 3.43. The molecule has 0 aromatic heterocycles. The van der Waals surface area contributed by atoms with E-state index in [4.69, 9.17) is 5.73 Å². The minimum absolute atomic E-state index is 0.271. The topological polar surface area (TPSA) is 29.3 Å². The Kier molecular flexibility index (Phi) is 6.09. The first kappa shape index (κ1) is 16.3. The number of nitrogens with two attached hydrogens (primary N) is 1. The van der Waals surface area contributed by atoms with Crippen molar-refractivity contribution < 1.29 is 0 Å². The number of fused-ring (bicyclic) bond motifs is 1. The molecule has 2 rings (SSSR count). The van der Waals surface area contributed by atoms with Crippen molar-refractivity contribution in [2.75, 3.05) is 25.6 Å². The van der Waals surface area contributed by atoms with E-state index in [9.17, 15) is 0 Å². The monoisotopic (exact) mass is 302 g/mol. The normalized spacial score (nSPS) is 14.5. The van der Waals surface area contributed by atoms with Gasteiger partial charge in [-0.3, -0.25) is 4.90 Å². The smallest absolute Gasteiger partial charge is 0.0476 e. The molecule has 114 valence electrons. The van der Waals surface area contributed by atoms with Gasteiger partial charge in [0.1, 0.15) is 0 Å². The molecule has 2 aromatic rings. The summed E-state index contributed by atoms with van der Waals surface area (Å²) >= 11 is 1.91. The van der Waals surface area contributed by atoms with Crippen LogP contribution in [0.2, 0.25) is 0 Å². The van der Waals surface area contributed by atoms with Gasteiger partial charge in [-0.2, -0.15) is 11.8 Å². The molecule has 0 spiro atoms. The summed E-state index contributed by atoms with van der Waals surface area (Å²) in [4.78, 5) is 2.43. The van der Waals surface area contributed by atoms with Gasteiger partial charge in [0.2, 0.25) is 0 Å². The average molecular weight is 302 g/mol.